The van der Waals surface area contributed by atoms with Gasteiger partial charge in [0, 0.05) is 18.1 Å². The summed E-state index contributed by atoms with van der Waals surface area (Å²) in [5.74, 6) is 0. The van der Waals surface area contributed by atoms with Crippen molar-refractivity contribution < 1.29 is 0 Å². The molecule has 3 N–H and O–H groups in total. The fourth-order valence-electron chi connectivity index (χ4n) is 3.13. The summed E-state index contributed by atoms with van der Waals surface area (Å²) in [6.07, 6.45) is 9.27. The van der Waals surface area contributed by atoms with Gasteiger partial charge in [-0.2, -0.15) is 0 Å². The zero-order valence-electron chi connectivity index (χ0n) is 10.3. The number of nitrogens with one attached hydrogen (secondary N) is 1. The van der Waals surface area contributed by atoms with Crippen LogP contribution in [0.15, 0.2) is 0 Å². The highest BCUT2D eigenvalue weighted by Crippen LogP contribution is 2.39. The standard InChI is InChI=1S/C13H26N2/c1-3-13(8-5-9-13)15-10-12(2)7-4-6-11(12)14/h11,15H,3-10,14H2,1-2H3. The minimum Gasteiger partial charge on any atom is -0.327 e. The van der Waals surface area contributed by atoms with E-state index in [0.717, 1.165) is 6.54 Å². The fourth-order valence-corrected chi connectivity index (χ4v) is 3.13. The van der Waals surface area contributed by atoms with E-state index in [0.29, 0.717) is 17.0 Å². The summed E-state index contributed by atoms with van der Waals surface area (Å²) in [4.78, 5) is 0. The van der Waals surface area contributed by atoms with Crippen molar-refractivity contribution in [3.63, 3.8) is 0 Å². The summed E-state index contributed by atoms with van der Waals surface area (Å²) in [5, 5.41) is 3.82. The van der Waals surface area contributed by atoms with Gasteiger partial charge in [0.2, 0.25) is 0 Å². The van der Waals surface area contributed by atoms with Gasteiger partial charge in [0.1, 0.15) is 0 Å². The molecule has 2 saturated carbocycles. The van der Waals surface area contributed by atoms with Crippen molar-refractivity contribution in [1.82, 2.24) is 5.32 Å². The molecule has 2 atom stereocenters. The monoisotopic (exact) mass is 210 g/mol. The molecule has 2 aliphatic rings. The predicted molar refractivity (Wildman–Crippen MR) is 64.8 cm³/mol. The summed E-state index contributed by atoms with van der Waals surface area (Å²) in [6, 6.07) is 0.416. The summed E-state index contributed by atoms with van der Waals surface area (Å²) >= 11 is 0. The van der Waals surface area contributed by atoms with Crippen molar-refractivity contribution in [3.05, 3.63) is 0 Å². The molecule has 0 heterocycles. The van der Waals surface area contributed by atoms with Crippen LogP contribution in [0.1, 0.15) is 58.8 Å². The van der Waals surface area contributed by atoms with Gasteiger partial charge in [-0.1, -0.05) is 20.3 Å². The molecule has 2 aliphatic carbocycles. The minimum absolute atomic E-state index is 0.359. The normalized spacial score (nSPS) is 39.0. The Morgan fingerprint density at radius 3 is 2.40 bits per heavy atom. The second-order valence-corrected chi connectivity index (χ2v) is 5.99. The number of hydrogen-bond acceptors (Lipinski definition) is 2. The molecule has 0 aliphatic heterocycles. The number of nitrogens with two attached hydrogens (primary N) is 1. The van der Waals surface area contributed by atoms with E-state index in [1.807, 2.05) is 0 Å². The fraction of sp³-hybridized carbons (Fsp3) is 1.00. The van der Waals surface area contributed by atoms with E-state index >= 15 is 0 Å². The van der Waals surface area contributed by atoms with Crippen molar-refractivity contribution in [2.75, 3.05) is 6.54 Å². The molecule has 2 heteroatoms. The largest absolute Gasteiger partial charge is 0.327 e. The molecular formula is C13H26N2. The first-order valence-electron chi connectivity index (χ1n) is 6.61. The molecule has 15 heavy (non-hydrogen) atoms. The van der Waals surface area contributed by atoms with Gasteiger partial charge in [-0.25, -0.2) is 0 Å². The van der Waals surface area contributed by atoms with E-state index in [1.54, 1.807) is 0 Å². The Balaban J connectivity index is 1.86. The van der Waals surface area contributed by atoms with Crippen molar-refractivity contribution in [3.8, 4) is 0 Å². The van der Waals surface area contributed by atoms with Gasteiger partial charge < -0.3 is 11.1 Å². The van der Waals surface area contributed by atoms with Crippen LogP contribution in [0.4, 0.5) is 0 Å². The lowest BCUT2D eigenvalue weighted by Gasteiger charge is -2.45. The molecule has 0 aromatic rings. The van der Waals surface area contributed by atoms with Crippen LogP contribution in [0.25, 0.3) is 0 Å². The number of rotatable bonds is 4. The second-order valence-electron chi connectivity index (χ2n) is 5.99. The van der Waals surface area contributed by atoms with E-state index in [-0.39, 0.29) is 0 Å². The van der Waals surface area contributed by atoms with Crippen molar-refractivity contribution in [2.24, 2.45) is 11.1 Å². The van der Waals surface area contributed by atoms with Crippen LogP contribution in [0.3, 0.4) is 0 Å². The summed E-state index contributed by atoms with van der Waals surface area (Å²) < 4.78 is 0. The first-order valence-corrected chi connectivity index (χ1v) is 6.61. The predicted octanol–water partition coefficient (Wildman–Crippen LogP) is 2.43. The quantitative estimate of drug-likeness (QED) is 0.748. The SMILES string of the molecule is CCC1(NCC2(C)CCCC2N)CCC1. The third kappa shape index (κ3) is 2.07. The Kier molecular flexibility index (Phi) is 3.09. The average Bonchev–Trinajstić information content (AvgIpc) is 2.47. The highest BCUT2D eigenvalue weighted by Gasteiger charge is 2.40. The van der Waals surface area contributed by atoms with Crippen LogP contribution in [0.2, 0.25) is 0 Å². The Morgan fingerprint density at radius 2 is 2.00 bits per heavy atom. The molecule has 0 bridgehead atoms. The van der Waals surface area contributed by atoms with Gasteiger partial charge in [0.25, 0.3) is 0 Å². The van der Waals surface area contributed by atoms with Crippen molar-refractivity contribution >= 4 is 0 Å². The van der Waals surface area contributed by atoms with Gasteiger partial charge in [0.05, 0.1) is 0 Å². The molecule has 0 saturated heterocycles. The molecule has 88 valence electrons. The lowest BCUT2D eigenvalue weighted by molar-refractivity contribution is 0.142. The van der Waals surface area contributed by atoms with Crippen LogP contribution >= 0.6 is 0 Å². The van der Waals surface area contributed by atoms with Gasteiger partial charge in [-0.15, -0.1) is 0 Å². The molecule has 2 unspecified atom stereocenters. The Labute approximate surface area is 94.0 Å². The molecule has 0 spiro atoms. The summed E-state index contributed by atoms with van der Waals surface area (Å²) in [7, 11) is 0. The molecule has 2 fully saturated rings. The minimum atomic E-state index is 0.359. The zero-order valence-corrected chi connectivity index (χ0v) is 10.3. The maximum absolute atomic E-state index is 6.20. The molecule has 0 aromatic heterocycles. The first kappa shape index (κ1) is 11.4. The lowest BCUT2D eigenvalue weighted by atomic mass is 9.73. The van der Waals surface area contributed by atoms with E-state index in [9.17, 15) is 0 Å². The molecule has 0 amide bonds. The van der Waals surface area contributed by atoms with Gasteiger partial charge in [-0.05, 0) is 43.9 Å². The van der Waals surface area contributed by atoms with E-state index in [1.165, 1.54) is 44.9 Å². The van der Waals surface area contributed by atoms with Gasteiger partial charge >= 0.3 is 0 Å². The topological polar surface area (TPSA) is 38.0 Å². The first-order chi connectivity index (χ1) is 7.10. The molecule has 0 radical (unpaired) electrons. The maximum atomic E-state index is 6.20. The third-order valence-corrected chi connectivity index (χ3v) is 5.01. The second kappa shape index (κ2) is 4.06. The highest BCUT2D eigenvalue weighted by molar-refractivity contribution is 4.99. The Morgan fingerprint density at radius 1 is 1.27 bits per heavy atom. The highest BCUT2D eigenvalue weighted by atomic mass is 15.0. The van der Waals surface area contributed by atoms with E-state index in [2.05, 4.69) is 19.2 Å². The Hall–Kier alpha value is -0.0800. The third-order valence-electron chi connectivity index (χ3n) is 5.01. The van der Waals surface area contributed by atoms with Crippen molar-refractivity contribution in [2.45, 2.75) is 70.4 Å². The van der Waals surface area contributed by atoms with E-state index < -0.39 is 0 Å². The van der Waals surface area contributed by atoms with E-state index in [4.69, 9.17) is 5.73 Å². The van der Waals surface area contributed by atoms with Gasteiger partial charge in [0.15, 0.2) is 0 Å². The zero-order chi connectivity index (χ0) is 10.9. The molecular weight excluding hydrogens is 184 g/mol. The lowest BCUT2D eigenvalue weighted by Crippen LogP contribution is -2.55. The van der Waals surface area contributed by atoms with Crippen LogP contribution in [-0.4, -0.2) is 18.1 Å². The number of hydrogen-bond donors (Lipinski definition) is 2. The van der Waals surface area contributed by atoms with Crippen LogP contribution < -0.4 is 11.1 Å². The Bertz CT molecular complexity index is 217. The maximum Gasteiger partial charge on any atom is 0.0179 e. The van der Waals surface area contributed by atoms with Crippen LogP contribution in [0, 0.1) is 5.41 Å². The molecule has 2 nitrogen and oxygen atoms in total. The average molecular weight is 210 g/mol. The van der Waals surface area contributed by atoms with Crippen molar-refractivity contribution in [1.29, 1.82) is 0 Å². The summed E-state index contributed by atoms with van der Waals surface area (Å²) in [6.45, 7) is 5.80. The molecule has 0 aromatic carbocycles. The summed E-state index contributed by atoms with van der Waals surface area (Å²) in [5.41, 5.74) is 7.04. The van der Waals surface area contributed by atoms with Crippen LogP contribution in [0.5, 0.6) is 0 Å². The van der Waals surface area contributed by atoms with Crippen LogP contribution in [-0.2, 0) is 0 Å². The smallest absolute Gasteiger partial charge is 0.0179 e. The van der Waals surface area contributed by atoms with Gasteiger partial charge in [-0.3, -0.25) is 0 Å². The molecule has 2 rings (SSSR count).